The molecule has 6 unspecified atom stereocenters. The van der Waals surface area contributed by atoms with Crippen molar-refractivity contribution < 1.29 is 0 Å². The summed E-state index contributed by atoms with van der Waals surface area (Å²) in [5, 5.41) is 7.86. The lowest BCUT2D eigenvalue weighted by Crippen LogP contribution is -2.57. The normalized spacial score (nSPS) is 44.5. The molecule has 4 rings (SSSR count). The molecule has 0 spiro atoms. The Morgan fingerprint density at radius 2 is 1.71 bits per heavy atom. The topological polar surface area (TPSA) is 27.3 Å². The molecule has 0 aromatic heterocycles. The van der Waals surface area contributed by atoms with Gasteiger partial charge in [-0.3, -0.25) is 10.2 Å². The highest BCUT2D eigenvalue weighted by atomic mass is 15.4. The third-order valence-electron chi connectivity index (χ3n) is 7.65. The highest BCUT2D eigenvalue weighted by molar-refractivity contribution is 5.12. The van der Waals surface area contributed by atoms with E-state index < -0.39 is 0 Å². The van der Waals surface area contributed by atoms with Gasteiger partial charge in [-0.05, 0) is 70.3 Å². The largest absolute Gasteiger partial charge is 0.302 e. The summed E-state index contributed by atoms with van der Waals surface area (Å²) >= 11 is 0. The number of hydrogen-bond donors (Lipinski definition) is 2. The van der Waals surface area contributed by atoms with Gasteiger partial charge in [-0.1, -0.05) is 39.0 Å². The van der Waals surface area contributed by atoms with Crippen LogP contribution in [0.2, 0.25) is 0 Å². The molecule has 1 aliphatic carbocycles. The summed E-state index contributed by atoms with van der Waals surface area (Å²) in [6, 6.07) is 0.776. The van der Waals surface area contributed by atoms with Gasteiger partial charge in [0.25, 0.3) is 0 Å². The fourth-order valence-electron chi connectivity index (χ4n) is 6.98. The lowest BCUT2D eigenvalue weighted by Gasteiger charge is -2.44. The van der Waals surface area contributed by atoms with Crippen molar-refractivity contribution in [1.82, 2.24) is 15.5 Å². The molecule has 4 aliphatic rings. The minimum Gasteiger partial charge on any atom is -0.302 e. The van der Waals surface area contributed by atoms with Gasteiger partial charge in [0, 0.05) is 11.6 Å². The second-order valence-corrected chi connectivity index (χ2v) is 9.96. The van der Waals surface area contributed by atoms with Gasteiger partial charge in [-0.2, -0.15) is 0 Å². The molecule has 6 atom stereocenters. The van der Waals surface area contributed by atoms with E-state index in [0.29, 0.717) is 12.3 Å². The Balaban J connectivity index is 1.69. The van der Waals surface area contributed by atoms with Gasteiger partial charge in [0.2, 0.25) is 0 Å². The molecule has 2 N–H and O–H groups in total. The molecule has 4 fully saturated rings. The smallest absolute Gasteiger partial charge is 0.0652 e. The molecule has 3 heterocycles. The van der Waals surface area contributed by atoms with Crippen molar-refractivity contribution in [2.45, 2.75) is 103 Å². The third kappa shape index (κ3) is 2.75. The van der Waals surface area contributed by atoms with Gasteiger partial charge >= 0.3 is 0 Å². The summed E-state index contributed by atoms with van der Waals surface area (Å²) < 4.78 is 0. The summed E-state index contributed by atoms with van der Waals surface area (Å²) in [5.74, 6) is 3.63. The summed E-state index contributed by atoms with van der Waals surface area (Å²) in [4.78, 5) is 2.90. The van der Waals surface area contributed by atoms with Crippen LogP contribution in [0.3, 0.4) is 0 Å². The average Bonchev–Trinajstić information content (AvgIpc) is 3.08. The Bertz CT molecular complexity index is 437. The molecule has 138 valence electrons. The van der Waals surface area contributed by atoms with Gasteiger partial charge in [0.1, 0.15) is 0 Å². The Morgan fingerprint density at radius 3 is 2.38 bits per heavy atom. The average molecular weight is 334 g/mol. The second kappa shape index (κ2) is 6.55. The molecule has 0 aromatic carbocycles. The molecule has 3 nitrogen and oxygen atoms in total. The zero-order chi connectivity index (χ0) is 16.9. The maximum atomic E-state index is 4.06. The third-order valence-corrected chi connectivity index (χ3v) is 7.65. The maximum Gasteiger partial charge on any atom is 0.0652 e. The van der Waals surface area contributed by atoms with E-state index in [1.165, 1.54) is 57.9 Å². The highest BCUT2D eigenvalue weighted by Gasteiger charge is 2.60. The Kier molecular flexibility index (Phi) is 4.73. The van der Waals surface area contributed by atoms with Crippen molar-refractivity contribution in [3.63, 3.8) is 0 Å². The molecule has 0 bridgehead atoms. The van der Waals surface area contributed by atoms with Crippen LogP contribution < -0.4 is 10.6 Å². The van der Waals surface area contributed by atoms with E-state index in [4.69, 9.17) is 0 Å². The molecule has 0 amide bonds. The number of rotatable bonds is 2. The number of likely N-dealkylation sites (tertiary alicyclic amines) is 1. The first-order valence-corrected chi connectivity index (χ1v) is 10.8. The van der Waals surface area contributed by atoms with E-state index in [2.05, 4.69) is 43.2 Å². The molecular weight excluding hydrogens is 294 g/mol. The predicted octanol–water partition coefficient (Wildman–Crippen LogP) is 3.95. The van der Waals surface area contributed by atoms with Gasteiger partial charge in [-0.15, -0.1) is 0 Å². The van der Waals surface area contributed by atoms with Crippen LogP contribution in [0.15, 0.2) is 0 Å². The van der Waals surface area contributed by atoms with Gasteiger partial charge in [0.05, 0.1) is 12.3 Å². The number of nitrogens with zero attached hydrogens (tertiary/aromatic N) is 1. The summed E-state index contributed by atoms with van der Waals surface area (Å²) in [6.07, 6.45) is 12.7. The fourth-order valence-corrected chi connectivity index (χ4v) is 6.98. The van der Waals surface area contributed by atoms with Crippen molar-refractivity contribution in [1.29, 1.82) is 0 Å². The van der Waals surface area contributed by atoms with Crippen LogP contribution in [0.1, 0.15) is 79.1 Å². The lowest BCUT2D eigenvalue weighted by atomic mass is 9.67. The first kappa shape index (κ1) is 17.3. The quantitative estimate of drug-likeness (QED) is 0.801. The van der Waals surface area contributed by atoms with E-state index >= 15 is 0 Å². The van der Waals surface area contributed by atoms with E-state index in [1.54, 1.807) is 0 Å². The molecule has 3 saturated heterocycles. The highest BCUT2D eigenvalue weighted by Crippen LogP contribution is 2.54. The maximum absolute atomic E-state index is 4.06. The molecule has 0 aromatic rings. The minimum absolute atomic E-state index is 0.257. The number of hydrogen-bond acceptors (Lipinski definition) is 3. The Hall–Kier alpha value is -0.120. The molecule has 24 heavy (non-hydrogen) atoms. The van der Waals surface area contributed by atoms with Crippen LogP contribution in [0.5, 0.6) is 0 Å². The Labute approximate surface area is 149 Å². The van der Waals surface area contributed by atoms with Crippen LogP contribution in [-0.2, 0) is 0 Å². The van der Waals surface area contributed by atoms with Gasteiger partial charge in [0.15, 0.2) is 0 Å². The van der Waals surface area contributed by atoms with Crippen LogP contribution in [0.4, 0.5) is 0 Å². The minimum atomic E-state index is 0.257. The Morgan fingerprint density at radius 1 is 0.958 bits per heavy atom. The van der Waals surface area contributed by atoms with Gasteiger partial charge < -0.3 is 5.32 Å². The van der Waals surface area contributed by atoms with Crippen molar-refractivity contribution in [3.8, 4) is 0 Å². The van der Waals surface area contributed by atoms with Crippen LogP contribution in [0.25, 0.3) is 0 Å². The van der Waals surface area contributed by atoms with Crippen LogP contribution in [0, 0.1) is 23.7 Å². The first-order chi connectivity index (χ1) is 11.5. The molecule has 1 saturated carbocycles. The SMILES string of the molecule is CCC1C(C2CCCCC2)C2C3CCCNC3NC2N1C(C)(C)C. The monoisotopic (exact) mass is 333 g/mol. The summed E-state index contributed by atoms with van der Waals surface area (Å²) in [6.45, 7) is 11.0. The molecule has 0 radical (unpaired) electrons. The van der Waals surface area contributed by atoms with Crippen molar-refractivity contribution >= 4 is 0 Å². The number of fused-ring (bicyclic) bond motifs is 3. The fraction of sp³-hybridized carbons (Fsp3) is 1.00. The zero-order valence-electron chi connectivity index (χ0n) is 16.4. The standard InChI is InChI=1S/C21H39N3/c1-5-16-17(14-10-7-6-8-11-14)18-15-12-9-13-22-19(15)23-20(18)24(16)21(2,3)4/h14-20,22-23H,5-13H2,1-4H3. The van der Waals surface area contributed by atoms with Crippen molar-refractivity contribution in [3.05, 3.63) is 0 Å². The van der Waals surface area contributed by atoms with Crippen LogP contribution >= 0.6 is 0 Å². The molecule has 3 heteroatoms. The van der Waals surface area contributed by atoms with Gasteiger partial charge in [-0.25, -0.2) is 0 Å². The first-order valence-electron chi connectivity index (χ1n) is 10.8. The number of piperidine rings is 1. The lowest BCUT2D eigenvalue weighted by molar-refractivity contribution is 0.0397. The number of nitrogens with one attached hydrogen (secondary N) is 2. The summed E-state index contributed by atoms with van der Waals surface area (Å²) in [5.41, 5.74) is 0.257. The second-order valence-electron chi connectivity index (χ2n) is 9.96. The van der Waals surface area contributed by atoms with E-state index in [-0.39, 0.29) is 5.54 Å². The molecular formula is C21H39N3. The zero-order valence-corrected chi connectivity index (χ0v) is 16.4. The molecule has 3 aliphatic heterocycles. The summed E-state index contributed by atoms with van der Waals surface area (Å²) in [7, 11) is 0. The van der Waals surface area contributed by atoms with E-state index in [0.717, 1.165) is 29.7 Å². The van der Waals surface area contributed by atoms with E-state index in [1.807, 2.05) is 0 Å². The van der Waals surface area contributed by atoms with Crippen molar-refractivity contribution in [2.24, 2.45) is 23.7 Å². The van der Waals surface area contributed by atoms with Crippen molar-refractivity contribution in [2.75, 3.05) is 6.54 Å². The van der Waals surface area contributed by atoms with Crippen LogP contribution in [-0.4, -0.2) is 35.4 Å². The predicted molar refractivity (Wildman–Crippen MR) is 101 cm³/mol. The van der Waals surface area contributed by atoms with E-state index in [9.17, 15) is 0 Å².